The number of nitrogens with one attached hydrogen (secondary N) is 1. The zero-order chi connectivity index (χ0) is 22.9. The fourth-order valence-electron chi connectivity index (χ4n) is 4.78. The van der Waals surface area contributed by atoms with Crippen molar-refractivity contribution < 1.29 is 9.59 Å². The van der Waals surface area contributed by atoms with Crippen LogP contribution >= 0.6 is 0 Å². The number of imide groups is 1. The van der Waals surface area contributed by atoms with E-state index in [2.05, 4.69) is 75.5 Å². The number of urea groups is 1. The van der Waals surface area contributed by atoms with Gasteiger partial charge in [0.2, 0.25) is 0 Å². The molecule has 3 heterocycles. The molecular weight excluding hydrogens is 416 g/mol. The number of aryl methyl sites for hydroxylation is 1. The van der Waals surface area contributed by atoms with Crippen molar-refractivity contribution >= 4 is 17.9 Å². The number of nitrogens with zero attached hydrogens (tertiary/aromatic N) is 5. The third-order valence-electron chi connectivity index (χ3n) is 6.72. The zero-order valence-corrected chi connectivity index (χ0v) is 19.1. The van der Waals surface area contributed by atoms with E-state index in [-0.39, 0.29) is 5.91 Å². The molecule has 3 amide bonds. The fourth-order valence-corrected chi connectivity index (χ4v) is 4.78. The number of benzene rings is 2. The van der Waals surface area contributed by atoms with Crippen molar-refractivity contribution in [3.63, 3.8) is 0 Å². The number of amides is 3. The summed E-state index contributed by atoms with van der Waals surface area (Å²) in [6, 6.07) is 17.9. The third kappa shape index (κ3) is 4.30. The van der Waals surface area contributed by atoms with Gasteiger partial charge in [0.05, 0.1) is 0 Å². The summed E-state index contributed by atoms with van der Waals surface area (Å²) in [5, 5.41) is 2.49. The quantitative estimate of drug-likeness (QED) is 0.776. The molecule has 2 fully saturated rings. The number of carbonyl (C=O) groups excluding carboxylic acids is 2. The molecule has 2 unspecified atom stereocenters. The summed E-state index contributed by atoms with van der Waals surface area (Å²) in [7, 11) is 1.70. The maximum absolute atomic E-state index is 12.9. The molecule has 0 aliphatic carbocycles. The Balaban J connectivity index is 1.35. The van der Waals surface area contributed by atoms with Crippen molar-refractivity contribution in [2.24, 2.45) is 4.99 Å². The van der Waals surface area contributed by atoms with E-state index >= 15 is 0 Å². The lowest BCUT2D eigenvalue weighted by Gasteiger charge is -2.40. The molecule has 2 saturated heterocycles. The molecule has 33 heavy (non-hydrogen) atoms. The van der Waals surface area contributed by atoms with Crippen molar-refractivity contribution in [2.45, 2.75) is 32.2 Å². The number of rotatable bonds is 4. The summed E-state index contributed by atoms with van der Waals surface area (Å²) in [4.78, 5) is 38.3. The van der Waals surface area contributed by atoms with E-state index in [1.54, 1.807) is 7.05 Å². The van der Waals surface area contributed by atoms with Crippen molar-refractivity contribution in [3.8, 4) is 0 Å². The van der Waals surface area contributed by atoms with Crippen LogP contribution in [0.15, 0.2) is 59.6 Å². The second-order valence-corrected chi connectivity index (χ2v) is 9.06. The molecule has 5 rings (SSSR count). The van der Waals surface area contributed by atoms with Gasteiger partial charge in [0.1, 0.15) is 0 Å². The van der Waals surface area contributed by atoms with Crippen LogP contribution in [0.5, 0.6) is 0 Å². The first-order chi connectivity index (χ1) is 16.0. The Kier molecular flexibility index (Phi) is 5.76. The first-order valence-electron chi connectivity index (χ1n) is 11.5. The minimum absolute atomic E-state index is 0.281. The van der Waals surface area contributed by atoms with Crippen molar-refractivity contribution in [1.82, 2.24) is 24.9 Å². The van der Waals surface area contributed by atoms with Gasteiger partial charge in [-0.1, -0.05) is 60.2 Å². The minimum Gasteiger partial charge on any atom is -0.340 e. The molecular formula is C25H30N6O2. The van der Waals surface area contributed by atoms with Crippen molar-refractivity contribution in [1.29, 1.82) is 0 Å². The Morgan fingerprint density at radius 3 is 2.27 bits per heavy atom. The lowest BCUT2D eigenvalue weighted by Crippen LogP contribution is -2.64. The number of carbonyl (C=O) groups is 2. The van der Waals surface area contributed by atoms with Crippen LogP contribution in [0.4, 0.5) is 4.79 Å². The van der Waals surface area contributed by atoms with E-state index in [1.807, 2.05) is 6.07 Å². The van der Waals surface area contributed by atoms with E-state index in [0.29, 0.717) is 6.54 Å². The highest BCUT2D eigenvalue weighted by Crippen LogP contribution is 2.28. The summed E-state index contributed by atoms with van der Waals surface area (Å²) in [5.41, 5.74) is 3.62. The van der Waals surface area contributed by atoms with Gasteiger partial charge < -0.3 is 14.7 Å². The Bertz CT molecular complexity index is 1050. The number of hydrogen-bond acceptors (Lipinski definition) is 6. The number of fused-ring (bicyclic) bond motifs is 1. The first kappa shape index (κ1) is 21.5. The molecule has 2 atom stereocenters. The van der Waals surface area contributed by atoms with E-state index in [9.17, 15) is 9.59 Å². The van der Waals surface area contributed by atoms with Crippen LogP contribution in [-0.4, -0.2) is 82.9 Å². The number of piperazine rings is 1. The highest BCUT2D eigenvalue weighted by atomic mass is 16.2. The second kappa shape index (κ2) is 8.86. The molecule has 172 valence electrons. The van der Waals surface area contributed by atoms with Crippen molar-refractivity contribution in [2.75, 3.05) is 33.2 Å². The van der Waals surface area contributed by atoms with Crippen LogP contribution in [0, 0.1) is 6.92 Å². The molecule has 2 aromatic rings. The van der Waals surface area contributed by atoms with Gasteiger partial charge >= 0.3 is 6.03 Å². The van der Waals surface area contributed by atoms with E-state index < -0.39 is 18.2 Å². The standard InChI is InChI=1S/C25H30N6O2/c1-18-8-10-20(11-9-18)17-31-21-22(28(2)25(33)27-23(21)32)26-24(31)30-14-12-29(13-15-30)16-19-6-4-3-5-7-19/h3-11,21-22H,12-17H2,1-2H3,(H,27,32,33). The number of guanidine groups is 1. The normalized spacial score (nSPS) is 23.5. The molecule has 0 spiro atoms. The Morgan fingerprint density at radius 2 is 1.58 bits per heavy atom. The second-order valence-electron chi connectivity index (χ2n) is 9.06. The van der Waals surface area contributed by atoms with Crippen LogP contribution in [0.1, 0.15) is 16.7 Å². The molecule has 3 aliphatic rings. The van der Waals surface area contributed by atoms with Crippen LogP contribution in [0.3, 0.4) is 0 Å². The average Bonchev–Trinajstić information content (AvgIpc) is 3.20. The van der Waals surface area contributed by atoms with E-state index in [4.69, 9.17) is 4.99 Å². The SMILES string of the molecule is Cc1ccc(CN2C(N3CCN(Cc4ccccc4)CC3)=NC3C2C(=O)NC(=O)N3C)cc1. The molecule has 0 aromatic heterocycles. The Hall–Kier alpha value is -3.39. The Morgan fingerprint density at radius 1 is 0.909 bits per heavy atom. The highest BCUT2D eigenvalue weighted by molar-refractivity contribution is 6.03. The molecule has 2 aromatic carbocycles. The maximum atomic E-state index is 12.9. The van der Waals surface area contributed by atoms with Gasteiger partial charge in [-0.25, -0.2) is 9.79 Å². The van der Waals surface area contributed by atoms with Gasteiger partial charge in [-0.2, -0.15) is 0 Å². The molecule has 0 bridgehead atoms. The summed E-state index contributed by atoms with van der Waals surface area (Å²) in [6.45, 7) is 7.06. The van der Waals surface area contributed by atoms with E-state index in [1.165, 1.54) is 16.0 Å². The Labute approximate surface area is 194 Å². The highest BCUT2D eigenvalue weighted by Gasteiger charge is 2.49. The summed E-state index contributed by atoms with van der Waals surface area (Å²) in [6.07, 6.45) is -0.506. The first-order valence-corrected chi connectivity index (χ1v) is 11.5. The molecule has 0 saturated carbocycles. The summed E-state index contributed by atoms with van der Waals surface area (Å²) < 4.78 is 0. The predicted molar refractivity (Wildman–Crippen MR) is 126 cm³/mol. The number of aliphatic imine (C=N–C) groups is 1. The zero-order valence-electron chi connectivity index (χ0n) is 19.1. The molecule has 8 heteroatoms. The minimum atomic E-state index is -0.522. The fraction of sp³-hybridized carbons (Fsp3) is 0.400. The summed E-state index contributed by atoms with van der Waals surface area (Å²) >= 11 is 0. The maximum Gasteiger partial charge on any atom is 0.325 e. The van der Waals surface area contributed by atoms with Crippen LogP contribution in [0.2, 0.25) is 0 Å². The van der Waals surface area contributed by atoms with Gasteiger partial charge in [0.25, 0.3) is 5.91 Å². The van der Waals surface area contributed by atoms with Crippen LogP contribution in [0.25, 0.3) is 0 Å². The van der Waals surface area contributed by atoms with Crippen molar-refractivity contribution in [3.05, 3.63) is 71.3 Å². The molecule has 0 radical (unpaired) electrons. The summed E-state index contributed by atoms with van der Waals surface area (Å²) in [5.74, 6) is 0.526. The van der Waals surface area contributed by atoms with Crippen LogP contribution in [-0.2, 0) is 17.9 Å². The van der Waals surface area contributed by atoms with Gasteiger partial charge in [0.15, 0.2) is 18.2 Å². The lowest BCUT2D eigenvalue weighted by molar-refractivity contribution is -0.127. The van der Waals surface area contributed by atoms with Gasteiger partial charge in [-0.3, -0.25) is 15.0 Å². The van der Waals surface area contributed by atoms with E-state index in [0.717, 1.165) is 44.2 Å². The predicted octanol–water partition coefficient (Wildman–Crippen LogP) is 1.86. The van der Waals surface area contributed by atoms with Gasteiger partial charge in [0, 0.05) is 46.3 Å². The van der Waals surface area contributed by atoms with Gasteiger partial charge in [-0.05, 0) is 18.1 Å². The lowest BCUT2D eigenvalue weighted by atomic mass is 10.1. The molecule has 1 N–H and O–H groups in total. The smallest absolute Gasteiger partial charge is 0.325 e. The van der Waals surface area contributed by atoms with Crippen LogP contribution < -0.4 is 5.32 Å². The number of likely N-dealkylation sites (N-methyl/N-ethyl adjacent to an activating group) is 1. The molecule has 8 nitrogen and oxygen atoms in total. The monoisotopic (exact) mass is 446 g/mol. The number of hydrogen-bond donors (Lipinski definition) is 1. The topological polar surface area (TPSA) is 71.5 Å². The average molecular weight is 447 g/mol. The molecule has 3 aliphatic heterocycles. The van der Waals surface area contributed by atoms with Gasteiger partial charge in [-0.15, -0.1) is 0 Å². The largest absolute Gasteiger partial charge is 0.340 e. The third-order valence-corrected chi connectivity index (χ3v) is 6.72.